The zero-order valence-electron chi connectivity index (χ0n) is 8.76. The summed E-state index contributed by atoms with van der Waals surface area (Å²) in [5, 5.41) is 9.09. The van der Waals surface area contributed by atoms with Crippen LogP contribution < -0.4 is 5.32 Å². The summed E-state index contributed by atoms with van der Waals surface area (Å²) >= 11 is 0.567. The van der Waals surface area contributed by atoms with Crippen molar-refractivity contribution < 1.29 is 13.2 Å². The van der Waals surface area contributed by atoms with Gasteiger partial charge in [0.25, 0.3) is 0 Å². The van der Waals surface area contributed by atoms with Crippen LogP contribution in [-0.4, -0.2) is 15.7 Å². The Bertz CT molecular complexity index is 368. The minimum atomic E-state index is -4.39. The predicted molar refractivity (Wildman–Crippen MR) is 55.4 cm³/mol. The van der Waals surface area contributed by atoms with Crippen LogP contribution in [0.4, 0.5) is 18.3 Å². The zero-order valence-corrected chi connectivity index (χ0v) is 9.58. The predicted octanol–water partition coefficient (Wildman–Crippen LogP) is 3.30. The van der Waals surface area contributed by atoms with Crippen LogP contribution in [-0.2, 0) is 6.18 Å². The monoisotopic (exact) mass is 251 g/mol. The minimum Gasteiger partial charge on any atom is -0.355 e. The van der Waals surface area contributed by atoms with Crippen molar-refractivity contribution in [2.24, 2.45) is 0 Å². The number of nitrogens with zero attached hydrogens (tertiary/aromatic N) is 2. The van der Waals surface area contributed by atoms with Crippen LogP contribution in [0.15, 0.2) is 0 Å². The lowest BCUT2D eigenvalue weighted by molar-refractivity contribution is -0.138. The Labute approximate surface area is 95.1 Å². The van der Waals surface area contributed by atoms with E-state index >= 15 is 0 Å². The van der Waals surface area contributed by atoms with Gasteiger partial charge in [0.05, 0.1) is 0 Å². The molecule has 2 rings (SSSR count). The third-order valence-electron chi connectivity index (χ3n) is 2.78. The molecule has 3 nitrogen and oxygen atoms in total. The smallest absolute Gasteiger partial charge is 0.355 e. The number of aromatic nitrogens is 2. The molecule has 7 heteroatoms. The molecule has 1 N–H and O–H groups in total. The lowest BCUT2D eigenvalue weighted by Gasteiger charge is -2.24. The SMILES string of the molecule is CC1(Nc2nnc(C(F)(F)F)s2)CCCC1. The van der Waals surface area contributed by atoms with Crippen molar-refractivity contribution in [2.45, 2.75) is 44.3 Å². The number of hydrogen-bond acceptors (Lipinski definition) is 4. The number of anilines is 1. The fraction of sp³-hybridized carbons (Fsp3) is 0.778. The number of alkyl halides is 3. The van der Waals surface area contributed by atoms with Crippen LogP contribution >= 0.6 is 11.3 Å². The molecule has 0 unspecified atom stereocenters. The first-order valence-corrected chi connectivity index (χ1v) is 5.90. The molecule has 1 aliphatic rings. The van der Waals surface area contributed by atoms with Crippen LogP contribution in [0.3, 0.4) is 0 Å². The summed E-state index contributed by atoms with van der Waals surface area (Å²) in [6.45, 7) is 2.01. The lowest BCUT2D eigenvalue weighted by atomic mass is 10.0. The number of hydrogen-bond donors (Lipinski definition) is 1. The van der Waals surface area contributed by atoms with Crippen molar-refractivity contribution >= 4 is 16.5 Å². The van der Waals surface area contributed by atoms with Gasteiger partial charge in [-0.25, -0.2) is 0 Å². The summed E-state index contributed by atoms with van der Waals surface area (Å²) in [4.78, 5) is 0. The van der Waals surface area contributed by atoms with Gasteiger partial charge in [-0.3, -0.25) is 0 Å². The Hall–Kier alpha value is -0.850. The fourth-order valence-corrected chi connectivity index (χ4v) is 2.69. The van der Waals surface area contributed by atoms with Crippen LogP contribution in [0, 0.1) is 0 Å². The molecule has 1 aromatic rings. The first kappa shape index (κ1) is 11.6. The third-order valence-corrected chi connectivity index (χ3v) is 3.67. The van der Waals surface area contributed by atoms with Crippen molar-refractivity contribution in [2.75, 3.05) is 5.32 Å². The first-order chi connectivity index (χ1) is 7.39. The van der Waals surface area contributed by atoms with E-state index in [1.807, 2.05) is 6.92 Å². The van der Waals surface area contributed by atoms with Gasteiger partial charge in [0.1, 0.15) is 0 Å². The van der Waals surface area contributed by atoms with Gasteiger partial charge in [-0.2, -0.15) is 13.2 Å². The Morgan fingerprint density at radius 3 is 2.38 bits per heavy atom. The summed E-state index contributed by atoms with van der Waals surface area (Å²) in [6, 6.07) is 0. The Kier molecular flexibility index (Phi) is 2.81. The van der Waals surface area contributed by atoms with E-state index in [1.165, 1.54) is 0 Å². The maximum absolute atomic E-state index is 12.3. The van der Waals surface area contributed by atoms with E-state index in [-0.39, 0.29) is 10.7 Å². The highest BCUT2D eigenvalue weighted by molar-refractivity contribution is 7.15. The highest BCUT2D eigenvalue weighted by atomic mass is 32.1. The molecule has 1 heterocycles. The second-order valence-corrected chi connectivity index (χ2v) is 5.28. The van der Waals surface area contributed by atoms with Crippen molar-refractivity contribution in [3.8, 4) is 0 Å². The molecule has 90 valence electrons. The van der Waals surface area contributed by atoms with E-state index in [2.05, 4.69) is 15.5 Å². The van der Waals surface area contributed by atoms with Gasteiger partial charge in [-0.05, 0) is 19.8 Å². The van der Waals surface area contributed by atoms with E-state index < -0.39 is 11.2 Å². The zero-order chi connectivity index (χ0) is 11.8. The van der Waals surface area contributed by atoms with Gasteiger partial charge < -0.3 is 5.32 Å². The highest BCUT2D eigenvalue weighted by Gasteiger charge is 2.37. The second kappa shape index (κ2) is 3.87. The maximum Gasteiger partial charge on any atom is 0.445 e. The van der Waals surface area contributed by atoms with Crippen LogP contribution in [0.5, 0.6) is 0 Å². The molecule has 1 aliphatic carbocycles. The molecule has 0 radical (unpaired) electrons. The molecule has 1 fully saturated rings. The lowest BCUT2D eigenvalue weighted by Crippen LogP contribution is -2.30. The standard InChI is InChI=1S/C9H12F3N3S/c1-8(4-2-3-5-8)13-7-15-14-6(16-7)9(10,11)12/h2-5H2,1H3,(H,13,15). The Morgan fingerprint density at radius 1 is 1.25 bits per heavy atom. The third kappa shape index (κ3) is 2.45. The molecular weight excluding hydrogens is 239 g/mol. The van der Waals surface area contributed by atoms with Crippen molar-refractivity contribution in [3.63, 3.8) is 0 Å². The summed E-state index contributed by atoms with van der Waals surface area (Å²) in [5.74, 6) is 0. The molecule has 0 bridgehead atoms. The highest BCUT2D eigenvalue weighted by Crippen LogP contribution is 2.36. The number of rotatable bonds is 2. The summed E-state index contributed by atoms with van der Waals surface area (Å²) in [5.41, 5.74) is -0.123. The minimum absolute atomic E-state index is 0.123. The molecule has 0 aliphatic heterocycles. The van der Waals surface area contributed by atoms with E-state index in [0.717, 1.165) is 25.7 Å². The average Bonchev–Trinajstić information content (AvgIpc) is 2.74. The van der Waals surface area contributed by atoms with Gasteiger partial charge >= 0.3 is 6.18 Å². The van der Waals surface area contributed by atoms with Crippen molar-refractivity contribution in [1.29, 1.82) is 0 Å². The largest absolute Gasteiger partial charge is 0.445 e. The molecular formula is C9H12F3N3S. The summed E-state index contributed by atoms with van der Waals surface area (Å²) in [7, 11) is 0. The van der Waals surface area contributed by atoms with Crippen LogP contribution in [0.25, 0.3) is 0 Å². The quantitative estimate of drug-likeness (QED) is 0.876. The Balaban J connectivity index is 2.08. The molecule has 1 aromatic heterocycles. The molecule has 16 heavy (non-hydrogen) atoms. The van der Waals surface area contributed by atoms with Crippen LogP contribution in [0.2, 0.25) is 0 Å². The Morgan fingerprint density at radius 2 is 1.88 bits per heavy atom. The molecule has 0 aromatic carbocycles. The maximum atomic E-state index is 12.3. The van der Waals surface area contributed by atoms with Gasteiger partial charge in [-0.1, -0.05) is 24.2 Å². The first-order valence-electron chi connectivity index (χ1n) is 5.08. The van der Waals surface area contributed by atoms with E-state index in [4.69, 9.17) is 0 Å². The molecule has 0 atom stereocenters. The average molecular weight is 251 g/mol. The second-order valence-electron chi connectivity index (χ2n) is 4.30. The van der Waals surface area contributed by atoms with Gasteiger partial charge in [0.15, 0.2) is 0 Å². The molecule has 1 saturated carbocycles. The van der Waals surface area contributed by atoms with Gasteiger partial charge in [0.2, 0.25) is 10.1 Å². The number of halogens is 3. The van der Waals surface area contributed by atoms with E-state index in [0.29, 0.717) is 11.3 Å². The fourth-order valence-electron chi connectivity index (χ4n) is 1.93. The van der Waals surface area contributed by atoms with E-state index in [1.54, 1.807) is 0 Å². The normalized spacial score (nSPS) is 20.0. The summed E-state index contributed by atoms with van der Waals surface area (Å²) in [6.07, 6.45) is -0.251. The molecule has 0 spiro atoms. The van der Waals surface area contributed by atoms with E-state index in [9.17, 15) is 13.2 Å². The number of nitrogens with one attached hydrogen (secondary N) is 1. The van der Waals surface area contributed by atoms with Gasteiger partial charge in [-0.15, -0.1) is 10.2 Å². The van der Waals surface area contributed by atoms with Crippen molar-refractivity contribution in [3.05, 3.63) is 5.01 Å². The van der Waals surface area contributed by atoms with Crippen LogP contribution in [0.1, 0.15) is 37.6 Å². The molecule has 0 saturated heterocycles. The topological polar surface area (TPSA) is 37.8 Å². The van der Waals surface area contributed by atoms with Crippen molar-refractivity contribution in [1.82, 2.24) is 10.2 Å². The van der Waals surface area contributed by atoms with Gasteiger partial charge in [0, 0.05) is 5.54 Å². The molecule has 0 amide bonds. The summed E-state index contributed by atoms with van der Waals surface area (Å²) < 4.78 is 36.9.